The van der Waals surface area contributed by atoms with Crippen LogP contribution in [0.2, 0.25) is 0 Å². The molecular formula is C22H16F3N3O3S. The number of aromatic nitrogens is 1. The third-order valence-corrected chi connectivity index (χ3v) is 5.51. The highest BCUT2D eigenvalue weighted by atomic mass is 32.1. The average Bonchev–Trinajstić information content (AvgIpc) is 3.23. The van der Waals surface area contributed by atoms with Crippen LogP contribution >= 0.6 is 11.3 Å². The van der Waals surface area contributed by atoms with Gasteiger partial charge in [0.25, 0.3) is 5.91 Å². The van der Waals surface area contributed by atoms with Crippen molar-refractivity contribution >= 4 is 39.5 Å². The second-order valence-corrected chi connectivity index (χ2v) is 7.62. The molecule has 2 heterocycles. The first kappa shape index (κ1) is 21.4. The fraction of sp³-hybridized carbons (Fsp3) is 0.0909. The number of ether oxygens (including phenoxy) is 1. The van der Waals surface area contributed by atoms with Gasteiger partial charge >= 0.3 is 6.36 Å². The van der Waals surface area contributed by atoms with Gasteiger partial charge in [0, 0.05) is 18.7 Å². The first-order valence-corrected chi connectivity index (χ1v) is 10.3. The Labute approximate surface area is 184 Å². The van der Waals surface area contributed by atoms with E-state index < -0.39 is 18.0 Å². The summed E-state index contributed by atoms with van der Waals surface area (Å²) in [5, 5.41) is 20.1. The summed E-state index contributed by atoms with van der Waals surface area (Å²) >= 11 is 1.15. The number of carbonyl (C=O) groups is 1. The number of para-hydroxylation sites is 3. The van der Waals surface area contributed by atoms with Crippen LogP contribution in [0.4, 0.5) is 24.5 Å². The van der Waals surface area contributed by atoms with Crippen LogP contribution in [0, 0.1) is 5.21 Å². The monoisotopic (exact) mass is 459 g/mol. The molecule has 4 rings (SSSR count). The van der Waals surface area contributed by atoms with Crippen LogP contribution in [-0.4, -0.2) is 12.3 Å². The zero-order chi connectivity index (χ0) is 22.7. The molecule has 2 aromatic heterocycles. The number of nitrogens with zero attached hydrogens (tertiary/aromatic N) is 1. The molecule has 0 fully saturated rings. The molecule has 0 spiro atoms. The number of alkyl halides is 3. The molecule has 6 nitrogen and oxygen atoms in total. The largest absolute Gasteiger partial charge is 0.618 e. The molecule has 0 radical (unpaired) electrons. The Morgan fingerprint density at radius 3 is 2.59 bits per heavy atom. The minimum atomic E-state index is -4.88. The van der Waals surface area contributed by atoms with Gasteiger partial charge < -0.3 is 20.6 Å². The van der Waals surface area contributed by atoms with E-state index in [0.717, 1.165) is 33.1 Å². The summed E-state index contributed by atoms with van der Waals surface area (Å²) in [5.74, 6) is -1.07. The topological polar surface area (TPSA) is 77.3 Å². The van der Waals surface area contributed by atoms with E-state index in [1.165, 1.54) is 24.4 Å². The lowest BCUT2D eigenvalue weighted by Crippen LogP contribution is -2.26. The van der Waals surface area contributed by atoms with Gasteiger partial charge in [0.1, 0.15) is 4.88 Å². The van der Waals surface area contributed by atoms with Crippen LogP contribution in [0.15, 0.2) is 72.2 Å². The van der Waals surface area contributed by atoms with Crippen molar-refractivity contribution in [2.75, 3.05) is 10.6 Å². The fourth-order valence-corrected chi connectivity index (χ4v) is 3.96. The minimum Gasteiger partial charge on any atom is -0.618 e. The summed E-state index contributed by atoms with van der Waals surface area (Å²) in [5.41, 5.74) is 1.80. The van der Waals surface area contributed by atoms with Gasteiger partial charge in [-0.15, -0.1) is 24.5 Å². The number of hydrogen-bond acceptors (Lipinski definition) is 5. The maximum Gasteiger partial charge on any atom is 0.573 e. The predicted molar refractivity (Wildman–Crippen MR) is 116 cm³/mol. The average molecular weight is 459 g/mol. The van der Waals surface area contributed by atoms with Crippen molar-refractivity contribution in [2.24, 2.45) is 0 Å². The first-order chi connectivity index (χ1) is 15.3. The molecule has 0 saturated carbocycles. The standard InChI is InChI=1S/C22H16F3N3O3S/c23-22(24,25)31-19-8-4-2-6-16(19)27-21(29)20-17(10-12-32-20)26-13-14-9-11-28(30)18-7-3-1-5-15(14)18/h1-12,26H,13H2,(H,27,29). The lowest BCUT2D eigenvalue weighted by Gasteiger charge is -2.14. The minimum absolute atomic E-state index is 0.0942. The van der Waals surface area contributed by atoms with E-state index in [2.05, 4.69) is 15.4 Å². The van der Waals surface area contributed by atoms with Gasteiger partial charge in [-0.3, -0.25) is 4.79 Å². The first-order valence-electron chi connectivity index (χ1n) is 9.39. The quantitative estimate of drug-likeness (QED) is 0.303. The Bertz CT molecular complexity index is 1270. The number of thiophene rings is 1. The van der Waals surface area contributed by atoms with Gasteiger partial charge in [0.15, 0.2) is 11.9 Å². The predicted octanol–water partition coefficient (Wildman–Crippen LogP) is 5.30. The molecule has 0 saturated heterocycles. The molecule has 10 heteroatoms. The van der Waals surface area contributed by atoms with Crippen molar-refractivity contribution in [3.05, 3.63) is 87.9 Å². The second kappa shape index (κ2) is 8.75. The molecule has 2 aromatic carbocycles. The van der Waals surface area contributed by atoms with Gasteiger partial charge in [-0.2, -0.15) is 4.73 Å². The maximum atomic E-state index is 12.8. The van der Waals surface area contributed by atoms with Crippen LogP contribution in [-0.2, 0) is 6.54 Å². The number of rotatable bonds is 6. The highest BCUT2D eigenvalue weighted by Gasteiger charge is 2.32. The molecule has 0 aliphatic heterocycles. The summed E-state index contributed by atoms with van der Waals surface area (Å²) in [7, 11) is 0. The van der Waals surface area contributed by atoms with E-state index in [1.54, 1.807) is 29.6 Å². The molecular weight excluding hydrogens is 443 g/mol. The molecule has 164 valence electrons. The highest BCUT2D eigenvalue weighted by Crippen LogP contribution is 2.32. The fourth-order valence-electron chi connectivity index (χ4n) is 3.20. The molecule has 0 aliphatic rings. The Kier molecular flexibility index (Phi) is 5.87. The van der Waals surface area contributed by atoms with Gasteiger partial charge in [-0.05, 0) is 35.2 Å². The normalized spacial score (nSPS) is 11.3. The van der Waals surface area contributed by atoms with Crippen molar-refractivity contribution < 1.29 is 27.4 Å². The van der Waals surface area contributed by atoms with E-state index >= 15 is 0 Å². The number of pyridine rings is 1. The number of anilines is 2. The zero-order valence-electron chi connectivity index (χ0n) is 16.3. The summed E-state index contributed by atoms with van der Waals surface area (Å²) in [4.78, 5) is 13.1. The Morgan fingerprint density at radius 1 is 1.03 bits per heavy atom. The summed E-state index contributed by atoms with van der Waals surface area (Å²) in [6.45, 7) is 0.339. The smallest absolute Gasteiger partial charge is 0.573 e. The molecule has 4 aromatic rings. The lowest BCUT2D eigenvalue weighted by atomic mass is 10.1. The van der Waals surface area contributed by atoms with E-state index in [9.17, 15) is 23.2 Å². The Balaban J connectivity index is 1.52. The molecule has 0 unspecified atom stereocenters. The van der Waals surface area contributed by atoms with Crippen molar-refractivity contribution in [3.63, 3.8) is 0 Å². The van der Waals surface area contributed by atoms with Crippen molar-refractivity contribution in [1.29, 1.82) is 0 Å². The van der Waals surface area contributed by atoms with E-state index in [0.29, 0.717) is 22.6 Å². The molecule has 32 heavy (non-hydrogen) atoms. The lowest BCUT2D eigenvalue weighted by molar-refractivity contribution is -0.577. The summed E-state index contributed by atoms with van der Waals surface area (Å²) < 4.78 is 42.7. The van der Waals surface area contributed by atoms with Gasteiger partial charge in [-0.1, -0.05) is 24.3 Å². The van der Waals surface area contributed by atoms with Crippen molar-refractivity contribution in [2.45, 2.75) is 12.9 Å². The van der Waals surface area contributed by atoms with E-state index in [4.69, 9.17) is 0 Å². The maximum absolute atomic E-state index is 12.8. The van der Waals surface area contributed by atoms with E-state index in [-0.39, 0.29) is 5.69 Å². The summed E-state index contributed by atoms with van der Waals surface area (Å²) in [6, 6.07) is 15.9. The van der Waals surface area contributed by atoms with Crippen LogP contribution in [0.1, 0.15) is 15.2 Å². The third kappa shape index (κ3) is 4.75. The third-order valence-electron chi connectivity index (χ3n) is 4.60. The zero-order valence-corrected chi connectivity index (χ0v) is 17.2. The van der Waals surface area contributed by atoms with Crippen molar-refractivity contribution in [3.8, 4) is 5.75 Å². The number of halogens is 3. The van der Waals surface area contributed by atoms with Crippen LogP contribution in [0.3, 0.4) is 0 Å². The highest BCUT2D eigenvalue weighted by molar-refractivity contribution is 7.12. The second-order valence-electron chi connectivity index (χ2n) is 6.70. The number of carbonyl (C=O) groups excluding carboxylic acids is 1. The van der Waals surface area contributed by atoms with Gasteiger partial charge in [0.2, 0.25) is 5.52 Å². The molecule has 2 N–H and O–H groups in total. The number of benzene rings is 2. The number of nitrogens with one attached hydrogen (secondary N) is 2. The Hall–Kier alpha value is -3.79. The molecule has 0 aliphatic carbocycles. The number of amides is 1. The van der Waals surface area contributed by atoms with Gasteiger partial charge in [0.05, 0.1) is 16.8 Å². The van der Waals surface area contributed by atoms with E-state index in [1.807, 2.05) is 12.1 Å². The molecule has 0 bridgehead atoms. The van der Waals surface area contributed by atoms with Crippen LogP contribution in [0.5, 0.6) is 5.75 Å². The number of fused-ring (bicyclic) bond motifs is 1. The molecule has 1 amide bonds. The van der Waals surface area contributed by atoms with Crippen molar-refractivity contribution in [1.82, 2.24) is 0 Å². The SMILES string of the molecule is O=C(Nc1ccccc1OC(F)(F)F)c1sccc1NCc1cc[n+]([O-])c2ccccc12. The van der Waals surface area contributed by atoms with Crippen LogP contribution < -0.4 is 20.1 Å². The number of hydrogen-bond donors (Lipinski definition) is 2. The summed E-state index contributed by atoms with van der Waals surface area (Å²) in [6.07, 6.45) is -3.46. The van der Waals surface area contributed by atoms with Crippen LogP contribution in [0.25, 0.3) is 10.9 Å². The van der Waals surface area contributed by atoms with Gasteiger partial charge in [-0.25, -0.2) is 0 Å². The molecule has 0 atom stereocenters. The Morgan fingerprint density at radius 2 is 1.78 bits per heavy atom.